The van der Waals surface area contributed by atoms with Crippen LogP contribution in [0, 0.1) is 5.92 Å². The van der Waals surface area contributed by atoms with Gasteiger partial charge in [-0.3, -0.25) is 0 Å². The highest BCUT2D eigenvalue weighted by molar-refractivity contribution is 5.48. The van der Waals surface area contributed by atoms with E-state index in [4.69, 9.17) is 10.5 Å². The number of benzene rings is 1. The SMILES string of the molecule is COC1CN(c2ccc(CN)cc2)CCC1C. The van der Waals surface area contributed by atoms with Crippen LogP contribution in [0.3, 0.4) is 0 Å². The smallest absolute Gasteiger partial charge is 0.0772 e. The zero-order valence-corrected chi connectivity index (χ0v) is 10.7. The van der Waals surface area contributed by atoms with Crippen molar-refractivity contribution < 1.29 is 4.74 Å². The van der Waals surface area contributed by atoms with Crippen LogP contribution in [0.4, 0.5) is 5.69 Å². The fourth-order valence-corrected chi connectivity index (χ4v) is 2.42. The third-order valence-corrected chi connectivity index (χ3v) is 3.73. The highest BCUT2D eigenvalue weighted by Crippen LogP contribution is 2.24. The molecule has 0 saturated carbocycles. The fraction of sp³-hybridized carbons (Fsp3) is 0.571. The van der Waals surface area contributed by atoms with E-state index in [9.17, 15) is 0 Å². The van der Waals surface area contributed by atoms with Crippen molar-refractivity contribution in [1.29, 1.82) is 0 Å². The lowest BCUT2D eigenvalue weighted by atomic mass is 9.95. The molecule has 1 fully saturated rings. The van der Waals surface area contributed by atoms with Crippen LogP contribution in [-0.2, 0) is 11.3 Å². The summed E-state index contributed by atoms with van der Waals surface area (Å²) in [7, 11) is 1.81. The van der Waals surface area contributed by atoms with Crippen LogP contribution in [0.1, 0.15) is 18.9 Å². The maximum absolute atomic E-state index is 5.61. The number of rotatable bonds is 3. The Morgan fingerprint density at radius 3 is 2.65 bits per heavy atom. The predicted octanol–water partition coefficient (Wildman–Crippen LogP) is 2.01. The lowest BCUT2D eigenvalue weighted by Gasteiger charge is -2.37. The van der Waals surface area contributed by atoms with Crippen LogP contribution >= 0.6 is 0 Å². The summed E-state index contributed by atoms with van der Waals surface area (Å²) in [6.45, 7) is 4.98. The van der Waals surface area contributed by atoms with Gasteiger partial charge in [0.25, 0.3) is 0 Å². The number of piperidine rings is 1. The van der Waals surface area contributed by atoms with Crippen molar-refractivity contribution in [3.8, 4) is 0 Å². The molecule has 1 aromatic rings. The third kappa shape index (κ3) is 2.79. The normalized spacial score (nSPS) is 25.0. The molecule has 0 aromatic heterocycles. The molecule has 94 valence electrons. The Balaban J connectivity index is 2.06. The first kappa shape index (κ1) is 12.4. The number of methoxy groups -OCH3 is 1. The highest BCUT2D eigenvalue weighted by atomic mass is 16.5. The number of hydrogen-bond acceptors (Lipinski definition) is 3. The molecule has 2 rings (SSSR count). The number of ether oxygens (including phenoxy) is 1. The van der Waals surface area contributed by atoms with E-state index < -0.39 is 0 Å². The maximum atomic E-state index is 5.61. The standard InChI is InChI=1S/C14H22N2O/c1-11-7-8-16(10-14(11)17-2)13-5-3-12(9-15)4-6-13/h3-6,11,14H,7-10,15H2,1-2H3. The summed E-state index contributed by atoms with van der Waals surface area (Å²) in [6, 6.07) is 8.53. The van der Waals surface area contributed by atoms with Crippen molar-refractivity contribution >= 4 is 5.69 Å². The van der Waals surface area contributed by atoms with Gasteiger partial charge in [-0.15, -0.1) is 0 Å². The minimum atomic E-state index is 0.345. The Morgan fingerprint density at radius 2 is 2.06 bits per heavy atom. The molecule has 1 heterocycles. The number of nitrogens with zero attached hydrogens (tertiary/aromatic N) is 1. The zero-order chi connectivity index (χ0) is 12.3. The van der Waals surface area contributed by atoms with Gasteiger partial charge < -0.3 is 15.4 Å². The van der Waals surface area contributed by atoms with Gasteiger partial charge in [0, 0.05) is 32.4 Å². The second-order valence-electron chi connectivity index (χ2n) is 4.86. The molecule has 1 aromatic carbocycles. The first-order valence-corrected chi connectivity index (χ1v) is 6.31. The van der Waals surface area contributed by atoms with Crippen LogP contribution in [0.15, 0.2) is 24.3 Å². The van der Waals surface area contributed by atoms with E-state index in [0.717, 1.165) is 13.1 Å². The first-order valence-electron chi connectivity index (χ1n) is 6.31. The molecule has 2 atom stereocenters. The second kappa shape index (κ2) is 5.52. The Bertz CT molecular complexity index is 350. The summed E-state index contributed by atoms with van der Waals surface area (Å²) >= 11 is 0. The first-order chi connectivity index (χ1) is 8.24. The van der Waals surface area contributed by atoms with Crippen molar-refractivity contribution in [2.45, 2.75) is 26.0 Å². The summed E-state index contributed by atoms with van der Waals surface area (Å²) in [5.41, 5.74) is 8.06. The number of anilines is 1. The molecule has 2 unspecified atom stereocenters. The van der Waals surface area contributed by atoms with Gasteiger partial charge >= 0.3 is 0 Å². The monoisotopic (exact) mass is 234 g/mol. The Morgan fingerprint density at radius 1 is 1.35 bits per heavy atom. The van der Waals surface area contributed by atoms with Gasteiger partial charge in [0.2, 0.25) is 0 Å². The molecule has 0 aliphatic carbocycles. The van der Waals surface area contributed by atoms with E-state index in [1.54, 1.807) is 0 Å². The fourth-order valence-electron chi connectivity index (χ4n) is 2.42. The average Bonchev–Trinajstić information content (AvgIpc) is 2.39. The Hall–Kier alpha value is -1.06. The van der Waals surface area contributed by atoms with Crippen LogP contribution in [-0.4, -0.2) is 26.3 Å². The van der Waals surface area contributed by atoms with Crippen LogP contribution < -0.4 is 10.6 Å². The lowest BCUT2D eigenvalue weighted by molar-refractivity contribution is 0.0498. The van der Waals surface area contributed by atoms with Crippen molar-refractivity contribution in [3.05, 3.63) is 29.8 Å². The minimum Gasteiger partial charge on any atom is -0.379 e. The van der Waals surface area contributed by atoms with Gasteiger partial charge in [-0.05, 0) is 30.0 Å². The third-order valence-electron chi connectivity index (χ3n) is 3.73. The van der Waals surface area contributed by atoms with E-state index >= 15 is 0 Å². The molecule has 0 radical (unpaired) electrons. The summed E-state index contributed by atoms with van der Waals surface area (Å²) in [5.74, 6) is 0.652. The molecular formula is C14H22N2O. The topological polar surface area (TPSA) is 38.5 Å². The van der Waals surface area contributed by atoms with Gasteiger partial charge in [-0.2, -0.15) is 0 Å². The predicted molar refractivity (Wildman–Crippen MR) is 71.1 cm³/mol. The molecule has 17 heavy (non-hydrogen) atoms. The van der Waals surface area contributed by atoms with E-state index in [-0.39, 0.29) is 0 Å². The summed E-state index contributed by atoms with van der Waals surface area (Å²) in [4.78, 5) is 2.40. The van der Waals surface area contributed by atoms with Crippen LogP contribution in [0.5, 0.6) is 0 Å². The molecule has 1 saturated heterocycles. The van der Waals surface area contributed by atoms with E-state index in [0.29, 0.717) is 18.6 Å². The van der Waals surface area contributed by atoms with Gasteiger partial charge in [0.1, 0.15) is 0 Å². The number of hydrogen-bond donors (Lipinski definition) is 1. The van der Waals surface area contributed by atoms with E-state index in [2.05, 4.69) is 36.1 Å². The van der Waals surface area contributed by atoms with Gasteiger partial charge in [0.15, 0.2) is 0 Å². The summed E-state index contributed by atoms with van der Waals surface area (Å²) in [5, 5.41) is 0. The second-order valence-corrected chi connectivity index (χ2v) is 4.86. The molecule has 2 N–H and O–H groups in total. The van der Waals surface area contributed by atoms with Crippen LogP contribution in [0.2, 0.25) is 0 Å². The molecule has 1 aliphatic rings. The Kier molecular flexibility index (Phi) is 4.02. The number of nitrogens with two attached hydrogens (primary N) is 1. The molecule has 0 bridgehead atoms. The minimum absolute atomic E-state index is 0.345. The zero-order valence-electron chi connectivity index (χ0n) is 10.7. The van der Waals surface area contributed by atoms with Gasteiger partial charge in [0.05, 0.1) is 6.10 Å². The largest absolute Gasteiger partial charge is 0.379 e. The molecule has 1 aliphatic heterocycles. The molecule has 3 heteroatoms. The van der Waals surface area contributed by atoms with Gasteiger partial charge in [-0.25, -0.2) is 0 Å². The van der Waals surface area contributed by atoms with Crippen molar-refractivity contribution in [2.75, 3.05) is 25.1 Å². The van der Waals surface area contributed by atoms with Gasteiger partial charge in [-0.1, -0.05) is 19.1 Å². The molecule has 3 nitrogen and oxygen atoms in total. The Labute approximate surface area is 104 Å². The molecule has 0 amide bonds. The van der Waals surface area contributed by atoms with E-state index in [1.807, 2.05) is 7.11 Å². The lowest BCUT2D eigenvalue weighted by Crippen LogP contribution is -2.43. The quantitative estimate of drug-likeness (QED) is 0.869. The molecule has 0 spiro atoms. The summed E-state index contributed by atoms with van der Waals surface area (Å²) < 4.78 is 5.54. The highest BCUT2D eigenvalue weighted by Gasteiger charge is 2.25. The van der Waals surface area contributed by atoms with Crippen molar-refractivity contribution in [3.63, 3.8) is 0 Å². The average molecular weight is 234 g/mol. The van der Waals surface area contributed by atoms with E-state index in [1.165, 1.54) is 17.7 Å². The van der Waals surface area contributed by atoms with Crippen molar-refractivity contribution in [1.82, 2.24) is 0 Å². The van der Waals surface area contributed by atoms with Crippen LogP contribution in [0.25, 0.3) is 0 Å². The maximum Gasteiger partial charge on any atom is 0.0772 e. The molecular weight excluding hydrogens is 212 g/mol. The summed E-state index contributed by atoms with van der Waals surface area (Å²) in [6.07, 6.45) is 1.54. The van der Waals surface area contributed by atoms with Crippen molar-refractivity contribution in [2.24, 2.45) is 11.7 Å².